The number of methoxy groups -OCH3 is 1. The van der Waals surface area contributed by atoms with E-state index in [0.717, 1.165) is 0 Å². The van der Waals surface area contributed by atoms with E-state index in [1.54, 1.807) is 32.0 Å². The molecule has 0 spiro atoms. The number of sulfonamides is 1. The fourth-order valence-electron chi connectivity index (χ4n) is 2.74. The number of ether oxygens (including phenoxy) is 1. The van der Waals surface area contributed by atoms with Crippen LogP contribution >= 0.6 is 0 Å². The second-order valence-electron chi connectivity index (χ2n) is 5.82. The van der Waals surface area contributed by atoms with Gasteiger partial charge in [-0.25, -0.2) is 13.2 Å². The summed E-state index contributed by atoms with van der Waals surface area (Å²) in [5, 5.41) is 2.60. The van der Waals surface area contributed by atoms with Crippen molar-refractivity contribution < 1.29 is 22.7 Å². The lowest BCUT2D eigenvalue weighted by atomic mass is 10.1. The van der Waals surface area contributed by atoms with Crippen LogP contribution in [-0.4, -0.2) is 33.9 Å². The summed E-state index contributed by atoms with van der Waals surface area (Å²) >= 11 is 0. The van der Waals surface area contributed by atoms with Crippen molar-refractivity contribution in [2.75, 3.05) is 23.3 Å². The zero-order valence-electron chi connectivity index (χ0n) is 15.6. The van der Waals surface area contributed by atoms with Gasteiger partial charge in [0.05, 0.1) is 23.3 Å². The number of hydrogen-bond donors (Lipinski definition) is 1. The molecule has 8 heteroatoms. The maximum atomic E-state index is 13.1. The first-order valence-corrected chi connectivity index (χ1v) is 9.74. The molecule has 27 heavy (non-hydrogen) atoms. The molecule has 0 aliphatic carbocycles. The van der Waals surface area contributed by atoms with Crippen molar-refractivity contribution in [1.29, 1.82) is 0 Å². The van der Waals surface area contributed by atoms with Gasteiger partial charge in [0, 0.05) is 19.2 Å². The summed E-state index contributed by atoms with van der Waals surface area (Å²) < 4.78 is 32.2. The molecule has 0 unspecified atom stereocenters. The molecule has 0 heterocycles. The van der Waals surface area contributed by atoms with E-state index in [2.05, 4.69) is 5.32 Å². The standard InChI is InChI=1S/C19H22N2O5S/c1-5-21(18-8-6-7-17(13(18)2)19(23)26-4)27(24,25)16-11-9-15(10-12-16)20-14(3)22/h6-12H,5H2,1-4H3,(H,20,22). The van der Waals surface area contributed by atoms with Crippen molar-refractivity contribution in [3.8, 4) is 0 Å². The van der Waals surface area contributed by atoms with Crippen molar-refractivity contribution in [2.45, 2.75) is 25.7 Å². The minimum absolute atomic E-state index is 0.0846. The normalized spacial score (nSPS) is 11.0. The number of carbonyl (C=O) groups is 2. The molecule has 1 amide bonds. The van der Waals surface area contributed by atoms with Gasteiger partial charge < -0.3 is 10.1 Å². The number of nitrogens with one attached hydrogen (secondary N) is 1. The van der Waals surface area contributed by atoms with Gasteiger partial charge in [-0.15, -0.1) is 0 Å². The highest BCUT2D eigenvalue weighted by atomic mass is 32.2. The summed E-state index contributed by atoms with van der Waals surface area (Å²) in [6.45, 7) is 4.95. The van der Waals surface area contributed by atoms with Crippen molar-refractivity contribution in [3.05, 3.63) is 53.6 Å². The topological polar surface area (TPSA) is 92.8 Å². The Kier molecular flexibility index (Phi) is 6.22. The minimum atomic E-state index is -3.85. The second-order valence-corrected chi connectivity index (χ2v) is 7.68. The van der Waals surface area contributed by atoms with Gasteiger partial charge in [-0.05, 0) is 55.8 Å². The smallest absolute Gasteiger partial charge is 0.338 e. The zero-order chi connectivity index (χ0) is 20.2. The van der Waals surface area contributed by atoms with Crippen molar-refractivity contribution in [3.63, 3.8) is 0 Å². The van der Waals surface area contributed by atoms with E-state index in [-0.39, 0.29) is 17.3 Å². The third kappa shape index (κ3) is 4.28. The molecule has 2 aromatic rings. The molecule has 2 rings (SSSR count). The van der Waals surface area contributed by atoms with Crippen LogP contribution in [0.5, 0.6) is 0 Å². The van der Waals surface area contributed by atoms with Gasteiger partial charge in [-0.3, -0.25) is 9.10 Å². The van der Waals surface area contributed by atoms with Gasteiger partial charge in [-0.2, -0.15) is 0 Å². The van der Waals surface area contributed by atoms with Crippen LogP contribution in [0.4, 0.5) is 11.4 Å². The summed E-state index contributed by atoms with van der Waals surface area (Å²) in [5.41, 5.74) is 1.74. The molecule has 2 aromatic carbocycles. The predicted molar refractivity (Wildman–Crippen MR) is 103 cm³/mol. The van der Waals surface area contributed by atoms with Crippen LogP contribution in [0.1, 0.15) is 29.8 Å². The zero-order valence-corrected chi connectivity index (χ0v) is 16.5. The highest BCUT2D eigenvalue weighted by molar-refractivity contribution is 7.92. The first-order chi connectivity index (χ1) is 12.7. The van der Waals surface area contributed by atoms with E-state index in [4.69, 9.17) is 4.74 Å². The third-order valence-corrected chi connectivity index (χ3v) is 5.93. The number of esters is 1. The molecule has 0 aliphatic rings. The number of rotatable bonds is 6. The fraction of sp³-hybridized carbons (Fsp3) is 0.263. The molecule has 0 radical (unpaired) electrons. The average Bonchev–Trinajstić information content (AvgIpc) is 2.63. The van der Waals surface area contributed by atoms with Crippen LogP contribution in [0.2, 0.25) is 0 Å². The molecule has 0 atom stereocenters. The fourth-order valence-corrected chi connectivity index (χ4v) is 4.27. The van der Waals surface area contributed by atoms with E-state index in [9.17, 15) is 18.0 Å². The Bertz CT molecular complexity index is 953. The number of amides is 1. The number of nitrogens with zero attached hydrogens (tertiary/aromatic N) is 1. The molecule has 0 bridgehead atoms. The summed E-state index contributed by atoms with van der Waals surface area (Å²) in [5.74, 6) is -0.765. The SMILES string of the molecule is CCN(c1cccc(C(=O)OC)c1C)S(=O)(=O)c1ccc(NC(C)=O)cc1. The summed E-state index contributed by atoms with van der Waals surface area (Å²) in [6.07, 6.45) is 0. The maximum absolute atomic E-state index is 13.1. The van der Waals surface area contributed by atoms with Crippen molar-refractivity contribution in [2.24, 2.45) is 0 Å². The van der Waals surface area contributed by atoms with Gasteiger partial charge in [0.15, 0.2) is 0 Å². The number of benzene rings is 2. The Morgan fingerprint density at radius 1 is 1.11 bits per heavy atom. The van der Waals surface area contributed by atoms with E-state index in [1.807, 2.05) is 0 Å². The summed E-state index contributed by atoms with van der Waals surface area (Å²) in [4.78, 5) is 23.1. The highest BCUT2D eigenvalue weighted by Crippen LogP contribution is 2.29. The first-order valence-electron chi connectivity index (χ1n) is 8.30. The molecule has 0 aromatic heterocycles. The van der Waals surface area contributed by atoms with Gasteiger partial charge in [0.1, 0.15) is 0 Å². The maximum Gasteiger partial charge on any atom is 0.338 e. The molecule has 0 aliphatic heterocycles. The molecule has 1 N–H and O–H groups in total. The molecule has 0 saturated heterocycles. The number of anilines is 2. The molecular formula is C19H22N2O5S. The van der Waals surface area contributed by atoms with Gasteiger partial charge in [-0.1, -0.05) is 6.07 Å². The monoisotopic (exact) mass is 390 g/mol. The Morgan fingerprint density at radius 2 is 1.74 bits per heavy atom. The van der Waals surface area contributed by atoms with Crippen molar-refractivity contribution in [1.82, 2.24) is 0 Å². The van der Waals surface area contributed by atoms with Crippen LogP contribution in [0.25, 0.3) is 0 Å². The van der Waals surface area contributed by atoms with Crippen LogP contribution in [-0.2, 0) is 19.6 Å². The Hall–Kier alpha value is -2.87. The second kappa shape index (κ2) is 8.22. The quantitative estimate of drug-likeness (QED) is 0.766. The summed E-state index contributed by atoms with van der Waals surface area (Å²) in [7, 11) is -2.58. The largest absolute Gasteiger partial charge is 0.465 e. The van der Waals surface area contributed by atoms with Gasteiger partial charge >= 0.3 is 5.97 Å². The third-order valence-electron chi connectivity index (χ3n) is 4.03. The van der Waals surface area contributed by atoms with E-state index < -0.39 is 16.0 Å². The van der Waals surface area contributed by atoms with E-state index >= 15 is 0 Å². The molecule has 0 saturated carbocycles. The van der Waals surface area contributed by atoms with E-state index in [0.29, 0.717) is 22.5 Å². The Balaban J connectivity index is 2.47. The molecule has 0 fully saturated rings. The minimum Gasteiger partial charge on any atom is -0.465 e. The van der Waals surface area contributed by atoms with Gasteiger partial charge in [0.2, 0.25) is 5.91 Å². The summed E-state index contributed by atoms with van der Waals surface area (Å²) in [6, 6.07) is 10.8. The Labute approximate surface area is 159 Å². The lowest BCUT2D eigenvalue weighted by Crippen LogP contribution is -2.31. The lowest BCUT2D eigenvalue weighted by molar-refractivity contribution is -0.114. The Morgan fingerprint density at radius 3 is 2.26 bits per heavy atom. The number of hydrogen-bond acceptors (Lipinski definition) is 5. The number of carbonyl (C=O) groups excluding carboxylic acids is 2. The van der Waals surface area contributed by atoms with Crippen LogP contribution in [0.3, 0.4) is 0 Å². The van der Waals surface area contributed by atoms with Crippen LogP contribution in [0.15, 0.2) is 47.4 Å². The molecule has 144 valence electrons. The van der Waals surface area contributed by atoms with E-state index in [1.165, 1.54) is 42.6 Å². The van der Waals surface area contributed by atoms with Crippen LogP contribution < -0.4 is 9.62 Å². The average molecular weight is 390 g/mol. The molecule has 7 nitrogen and oxygen atoms in total. The van der Waals surface area contributed by atoms with Gasteiger partial charge in [0.25, 0.3) is 10.0 Å². The predicted octanol–water partition coefficient (Wildman–Crippen LogP) is 2.96. The molecular weight excluding hydrogens is 368 g/mol. The highest BCUT2D eigenvalue weighted by Gasteiger charge is 2.26. The lowest BCUT2D eigenvalue weighted by Gasteiger charge is -2.25. The van der Waals surface area contributed by atoms with Crippen molar-refractivity contribution >= 4 is 33.3 Å². The van der Waals surface area contributed by atoms with Crippen LogP contribution in [0, 0.1) is 6.92 Å². The first kappa shape index (κ1) is 20.4.